The minimum atomic E-state index is -0.329. The molecule has 0 saturated carbocycles. The molecular formula is C14H16N2O2S. The standard InChI is InChI=1S/C14H16N2O2S/c1-9-5-4-6-12(7-9)19-8-13-15-14(18-16-13)10(2)11(3)17/h4-7,10H,8H2,1-3H3. The van der Waals surface area contributed by atoms with E-state index in [9.17, 15) is 4.79 Å². The number of Topliss-reactive ketones (excluding diaryl/α,β-unsaturated/α-hetero) is 1. The summed E-state index contributed by atoms with van der Waals surface area (Å²) in [6.45, 7) is 5.36. The minimum absolute atomic E-state index is 0.0292. The molecule has 1 aromatic heterocycles. The molecule has 19 heavy (non-hydrogen) atoms. The number of hydrogen-bond acceptors (Lipinski definition) is 5. The minimum Gasteiger partial charge on any atom is -0.339 e. The van der Waals surface area contributed by atoms with Gasteiger partial charge in [-0.05, 0) is 32.9 Å². The summed E-state index contributed by atoms with van der Waals surface area (Å²) in [5.41, 5.74) is 1.23. The van der Waals surface area contributed by atoms with Gasteiger partial charge < -0.3 is 4.52 Å². The van der Waals surface area contributed by atoms with Gasteiger partial charge in [0.2, 0.25) is 5.89 Å². The van der Waals surface area contributed by atoms with Gasteiger partial charge in [0.05, 0.1) is 11.7 Å². The number of aryl methyl sites for hydroxylation is 1. The maximum Gasteiger partial charge on any atom is 0.236 e. The molecule has 2 aromatic rings. The van der Waals surface area contributed by atoms with Crippen molar-refractivity contribution in [3.63, 3.8) is 0 Å². The van der Waals surface area contributed by atoms with Crippen LogP contribution in [-0.2, 0) is 10.5 Å². The molecule has 0 spiro atoms. The molecule has 1 unspecified atom stereocenters. The Hall–Kier alpha value is -1.62. The van der Waals surface area contributed by atoms with Crippen LogP contribution in [0.4, 0.5) is 0 Å². The molecule has 0 aliphatic heterocycles. The molecule has 0 amide bonds. The molecule has 0 saturated heterocycles. The van der Waals surface area contributed by atoms with Crippen molar-refractivity contribution in [3.05, 3.63) is 41.5 Å². The van der Waals surface area contributed by atoms with Crippen LogP contribution in [0.5, 0.6) is 0 Å². The van der Waals surface area contributed by atoms with Crippen LogP contribution in [0.2, 0.25) is 0 Å². The largest absolute Gasteiger partial charge is 0.339 e. The van der Waals surface area contributed by atoms with Crippen LogP contribution in [0.3, 0.4) is 0 Å². The number of rotatable bonds is 5. The smallest absolute Gasteiger partial charge is 0.236 e. The van der Waals surface area contributed by atoms with Crippen LogP contribution >= 0.6 is 11.8 Å². The molecule has 100 valence electrons. The van der Waals surface area contributed by atoms with E-state index >= 15 is 0 Å². The zero-order valence-corrected chi connectivity index (χ0v) is 12.0. The van der Waals surface area contributed by atoms with E-state index in [4.69, 9.17) is 4.52 Å². The number of carbonyl (C=O) groups is 1. The van der Waals surface area contributed by atoms with Crippen LogP contribution in [0, 0.1) is 6.92 Å². The van der Waals surface area contributed by atoms with Crippen LogP contribution in [0.15, 0.2) is 33.7 Å². The van der Waals surface area contributed by atoms with Crippen molar-refractivity contribution in [1.82, 2.24) is 10.1 Å². The first kappa shape index (κ1) is 13.8. The third-order valence-electron chi connectivity index (χ3n) is 2.82. The van der Waals surface area contributed by atoms with Gasteiger partial charge in [-0.3, -0.25) is 4.79 Å². The predicted octanol–water partition coefficient (Wildman–Crippen LogP) is 3.36. The van der Waals surface area contributed by atoms with Gasteiger partial charge in [0, 0.05) is 4.90 Å². The summed E-state index contributed by atoms with van der Waals surface area (Å²) in [6.07, 6.45) is 0. The second-order valence-electron chi connectivity index (χ2n) is 4.49. The van der Waals surface area contributed by atoms with Crippen LogP contribution < -0.4 is 0 Å². The van der Waals surface area contributed by atoms with Crippen molar-refractivity contribution < 1.29 is 9.32 Å². The van der Waals surface area contributed by atoms with Gasteiger partial charge >= 0.3 is 0 Å². The van der Waals surface area contributed by atoms with Crippen LogP contribution in [-0.4, -0.2) is 15.9 Å². The topological polar surface area (TPSA) is 56.0 Å². The quantitative estimate of drug-likeness (QED) is 0.784. The molecule has 2 rings (SSSR count). The van der Waals surface area contributed by atoms with E-state index in [2.05, 4.69) is 35.3 Å². The molecule has 4 nitrogen and oxygen atoms in total. The molecule has 0 N–H and O–H groups in total. The van der Waals surface area contributed by atoms with Gasteiger partial charge in [-0.25, -0.2) is 0 Å². The van der Waals surface area contributed by atoms with Crippen molar-refractivity contribution in [2.75, 3.05) is 0 Å². The lowest BCUT2D eigenvalue weighted by atomic mass is 10.1. The van der Waals surface area contributed by atoms with Crippen LogP contribution in [0.1, 0.15) is 37.0 Å². The van der Waals surface area contributed by atoms with Gasteiger partial charge in [0.1, 0.15) is 5.78 Å². The van der Waals surface area contributed by atoms with E-state index in [-0.39, 0.29) is 11.7 Å². The Morgan fingerprint density at radius 3 is 2.95 bits per heavy atom. The molecule has 0 fully saturated rings. The Bertz CT molecular complexity index is 580. The summed E-state index contributed by atoms with van der Waals surface area (Å²) in [6, 6.07) is 8.25. The number of thioether (sulfide) groups is 1. The monoisotopic (exact) mass is 276 g/mol. The molecule has 0 bridgehead atoms. The Labute approximate surface area is 116 Å². The predicted molar refractivity (Wildman–Crippen MR) is 74.1 cm³/mol. The average Bonchev–Trinajstić information content (AvgIpc) is 2.84. The molecule has 0 radical (unpaired) electrons. The summed E-state index contributed by atoms with van der Waals surface area (Å²) in [4.78, 5) is 16.7. The van der Waals surface area contributed by atoms with Crippen molar-refractivity contribution in [2.45, 2.75) is 37.3 Å². The highest BCUT2D eigenvalue weighted by Crippen LogP contribution is 2.23. The molecule has 1 atom stereocenters. The molecule has 1 aromatic carbocycles. The fraction of sp³-hybridized carbons (Fsp3) is 0.357. The Morgan fingerprint density at radius 2 is 2.26 bits per heavy atom. The maximum absolute atomic E-state index is 11.2. The highest BCUT2D eigenvalue weighted by Gasteiger charge is 2.18. The number of carbonyl (C=O) groups excluding carboxylic acids is 1. The lowest BCUT2D eigenvalue weighted by Crippen LogP contribution is -2.04. The van der Waals surface area contributed by atoms with E-state index < -0.39 is 0 Å². The SMILES string of the molecule is CC(=O)C(C)c1nc(CSc2cccc(C)c2)no1. The molecule has 5 heteroatoms. The second kappa shape index (κ2) is 6.02. The third kappa shape index (κ3) is 3.67. The van der Waals surface area contributed by atoms with E-state index in [1.165, 1.54) is 17.4 Å². The summed E-state index contributed by atoms with van der Waals surface area (Å²) in [5, 5.41) is 3.90. The van der Waals surface area contributed by atoms with Gasteiger partial charge in [-0.15, -0.1) is 11.8 Å². The van der Waals surface area contributed by atoms with Gasteiger partial charge in [-0.2, -0.15) is 4.98 Å². The van der Waals surface area contributed by atoms with E-state index in [0.717, 1.165) is 0 Å². The maximum atomic E-state index is 11.2. The van der Waals surface area contributed by atoms with E-state index in [1.54, 1.807) is 18.7 Å². The first-order valence-corrected chi connectivity index (χ1v) is 7.07. The first-order chi connectivity index (χ1) is 9.06. The fourth-order valence-corrected chi connectivity index (χ4v) is 2.39. The van der Waals surface area contributed by atoms with Gasteiger partial charge in [0.25, 0.3) is 0 Å². The number of nitrogens with zero attached hydrogens (tertiary/aromatic N) is 2. The number of aromatic nitrogens is 2. The van der Waals surface area contributed by atoms with Crippen molar-refractivity contribution in [3.8, 4) is 0 Å². The molecule has 0 aliphatic carbocycles. The zero-order valence-electron chi connectivity index (χ0n) is 11.2. The fourth-order valence-electron chi connectivity index (χ4n) is 1.53. The van der Waals surface area contributed by atoms with Crippen molar-refractivity contribution in [2.24, 2.45) is 0 Å². The first-order valence-electron chi connectivity index (χ1n) is 6.08. The number of benzene rings is 1. The van der Waals surface area contributed by atoms with Crippen molar-refractivity contribution in [1.29, 1.82) is 0 Å². The average molecular weight is 276 g/mol. The van der Waals surface area contributed by atoms with Gasteiger partial charge in [-0.1, -0.05) is 22.9 Å². The summed E-state index contributed by atoms with van der Waals surface area (Å²) < 4.78 is 5.10. The number of hydrogen-bond donors (Lipinski definition) is 0. The summed E-state index contributed by atoms with van der Waals surface area (Å²) in [7, 11) is 0. The molecule has 1 heterocycles. The zero-order chi connectivity index (χ0) is 13.8. The lowest BCUT2D eigenvalue weighted by Gasteiger charge is -2.00. The third-order valence-corrected chi connectivity index (χ3v) is 3.81. The summed E-state index contributed by atoms with van der Waals surface area (Å²) in [5.74, 6) is 1.35. The van der Waals surface area contributed by atoms with Crippen LogP contribution in [0.25, 0.3) is 0 Å². The molecular weight excluding hydrogens is 260 g/mol. The normalized spacial score (nSPS) is 12.4. The Kier molecular flexibility index (Phi) is 4.37. The highest BCUT2D eigenvalue weighted by molar-refractivity contribution is 7.98. The van der Waals surface area contributed by atoms with E-state index in [0.29, 0.717) is 17.5 Å². The Balaban J connectivity index is 1.99. The van der Waals surface area contributed by atoms with Gasteiger partial charge in [0.15, 0.2) is 5.82 Å². The summed E-state index contributed by atoms with van der Waals surface area (Å²) >= 11 is 1.65. The lowest BCUT2D eigenvalue weighted by molar-refractivity contribution is -0.118. The number of ketones is 1. The second-order valence-corrected chi connectivity index (χ2v) is 5.54. The molecule has 0 aliphatic rings. The van der Waals surface area contributed by atoms with E-state index in [1.807, 2.05) is 6.07 Å². The highest BCUT2D eigenvalue weighted by atomic mass is 32.2. The van der Waals surface area contributed by atoms with Crippen molar-refractivity contribution >= 4 is 17.5 Å². The Morgan fingerprint density at radius 1 is 1.47 bits per heavy atom.